The van der Waals surface area contributed by atoms with E-state index in [1.807, 2.05) is 25.3 Å². The van der Waals surface area contributed by atoms with Crippen LogP contribution < -0.4 is 10.6 Å². The monoisotopic (exact) mass is 260 g/mol. The number of urea groups is 1. The molecule has 0 radical (unpaired) electrons. The van der Waals surface area contributed by atoms with Gasteiger partial charge < -0.3 is 15.7 Å². The van der Waals surface area contributed by atoms with Crippen molar-refractivity contribution in [3.8, 4) is 0 Å². The van der Waals surface area contributed by atoms with Crippen molar-refractivity contribution >= 4 is 23.8 Å². The number of carbonyl (C=O) groups excluding carboxylic acids is 1. The van der Waals surface area contributed by atoms with Crippen molar-refractivity contribution in [2.75, 3.05) is 18.6 Å². The minimum atomic E-state index is -0.998. The Hall–Kier alpha value is -1.17. The van der Waals surface area contributed by atoms with Gasteiger partial charge in [0.1, 0.15) is 6.04 Å². The number of hydrogen-bond donors (Lipinski definition) is 3. The zero-order chi connectivity index (χ0) is 13.1. The Morgan fingerprint density at radius 2 is 2.18 bits per heavy atom. The molecule has 0 heterocycles. The van der Waals surface area contributed by atoms with Gasteiger partial charge in [-0.15, -0.1) is 0 Å². The highest BCUT2D eigenvalue weighted by Crippen LogP contribution is 2.00. The van der Waals surface area contributed by atoms with Crippen molar-refractivity contribution in [2.45, 2.75) is 25.8 Å². The van der Waals surface area contributed by atoms with Gasteiger partial charge in [-0.3, -0.25) is 0 Å². The van der Waals surface area contributed by atoms with E-state index in [0.29, 0.717) is 18.7 Å². The van der Waals surface area contributed by atoms with Crippen LogP contribution in [0, 0.1) is 0 Å². The molecule has 0 spiro atoms. The summed E-state index contributed by atoms with van der Waals surface area (Å²) in [5.41, 5.74) is 0. The van der Waals surface area contributed by atoms with Gasteiger partial charge in [-0.25, -0.2) is 9.59 Å². The van der Waals surface area contributed by atoms with Crippen molar-refractivity contribution in [1.82, 2.24) is 10.6 Å². The summed E-state index contributed by atoms with van der Waals surface area (Å²) in [5, 5.41) is 13.9. The van der Waals surface area contributed by atoms with Gasteiger partial charge in [0.15, 0.2) is 0 Å². The Labute approximate surface area is 106 Å². The van der Waals surface area contributed by atoms with Crippen LogP contribution in [-0.4, -0.2) is 41.7 Å². The van der Waals surface area contributed by atoms with Gasteiger partial charge in [0.05, 0.1) is 0 Å². The van der Waals surface area contributed by atoms with Crippen molar-refractivity contribution < 1.29 is 14.7 Å². The smallest absolute Gasteiger partial charge is 0.326 e. The molecule has 0 bridgehead atoms. The molecule has 0 aromatic heterocycles. The molecule has 0 aromatic rings. The Balaban J connectivity index is 3.90. The van der Waals surface area contributed by atoms with Gasteiger partial charge in [0, 0.05) is 6.54 Å². The van der Waals surface area contributed by atoms with Crippen molar-refractivity contribution in [2.24, 2.45) is 0 Å². The predicted molar refractivity (Wildman–Crippen MR) is 70.4 cm³/mol. The lowest BCUT2D eigenvalue weighted by Crippen LogP contribution is -2.46. The molecule has 6 heteroatoms. The van der Waals surface area contributed by atoms with E-state index in [-0.39, 0.29) is 0 Å². The maximum absolute atomic E-state index is 11.4. The molecule has 0 rings (SSSR count). The summed E-state index contributed by atoms with van der Waals surface area (Å²) in [5.74, 6) is -0.293. The second-order valence-corrected chi connectivity index (χ2v) is 4.42. The van der Waals surface area contributed by atoms with Gasteiger partial charge in [0.25, 0.3) is 0 Å². The fraction of sp³-hybridized carbons (Fsp3) is 0.636. The first kappa shape index (κ1) is 15.8. The highest BCUT2D eigenvalue weighted by atomic mass is 32.2. The first-order valence-electron chi connectivity index (χ1n) is 5.49. The lowest BCUT2D eigenvalue weighted by atomic mass is 10.2. The molecule has 2 amide bonds. The standard InChI is InChI=1S/C11H20N2O3S/c1-3-4-5-7-12-11(16)13-9(10(14)15)6-8-17-2/h3-4,9H,5-8H2,1-2H3,(H,14,15)(H2,12,13,16)/b4-3+. The van der Waals surface area contributed by atoms with Crippen LogP contribution in [0.2, 0.25) is 0 Å². The predicted octanol–water partition coefficient (Wildman–Crippen LogP) is 1.46. The quantitative estimate of drug-likeness (QED) is 0.456. The molecule has 3 N–H and O–H groups in total. The Morgan fingerprint density at radius 3 is 2.71 bits per heavy atom. The molecule has 0 fully saturated rings. The van der Waals surface area contributed by atoms with Gasteiger partial charge in [0.2, 0.25) is 0 Å². The average molecular weight is 260 g/mol. The summed E-state index contributed by atoms with van der Waals surface area (Å²) < 4.78 is 0. The van der Waals surface area contributed by atoms with E-state index in [4.69, 9.17) is 5.11 Å². The number of carbonyl (C=O) groups is 2. The molecule has 0 aliphatic carbocycles. The van der Waals surface area contributed by atoms with E-state index in [2.05, 4.69) is 10.6 Å². The van der Waals surface area contributed by atoms with Gasteiger partial charge in [-0.2, -0.15) is 11.8 Å². The molecular weight excluding hydrogens is 240 g/mol. The van der Waals surface area contributed by atoms with E-state index in [1.165, 1.54) is 0 Å². The summed E-state index contributed by atoms with van der Waals surface area (Å²) in [6, 6.07) is -1.24. The Morgan fingerprint density at radius 1 is 1.47 bits per heavy atom. The average Bonchev–Trinajstić information content (AvgIpc) is 2.29. The molecule has 0 saturated carbocycles. The highest BCUT2D eigenvalue weighted by Gasteiger charge is 2.18. The third kappa shape index (κ3) is 8.62. The maximum Gasteiger partial charge on any atom is 0.326 e. The minimum Gasteiger partial charge on any atom is -0.480 e. The number of carboxylic acids is 1. The molecule has 98 valence electrons. The maximum atomic E-state index is 11.4. The Kier molecular flexibility index (Phi) is 9.33. The second-order valence-electron chi connectivity index (χ2n) is 3.43. The molecule has 0 saturated heterocycles. The fourth-order valence-corrected chi connectivity index (χ4v) is 1.61. The van der Waals surface area contributed by atoms with E-state index in [0.717, 1.165) is 6.42 Å². The third-order valence-electron chi connectivity index (χ3n) is 2.05. The summed E-state index contributed by atoms with van der Waals surface area (Å²) in [6.45, 7) is 2.41. The minimum absolute atomic E-state index is 0.428. The normalized spacial score (nSPS) is 12.4. The highest BCUT2D eigenvalue weighted by molar-refractivity contribution is 7.98. The van der Waals surface area contributed by atoms with E-state index in [9.17, 15) is 9.59 Å². The van der Waals surface area contributed by atoms with Crippen molar-refractivity contribution in [3.05, 3.63) is 12.2 Å². The molecule has 0 aromatic carbocycles. The van der Waals surface area contributed by atoms with Gasteiger partial charge in [-0.05, 0) is 31.8 Å². The molecule has 1 atom stereocenters. The summed E-state index contributed by atoms with van der Waals surface area (Å²) in [6.07, 6.45) is 6.90. The molecule has 1 unspecified atom stereocenters. The number of allylic oxidation sites excluding steroid dienone is 1. The van der Waals surface area contributed by atoms with Crippen LogP contribution in [0.3, 0.4) is 0 Å². The number of carboxylic acid groups (broad SMARTS) is 1. The molecule has 0 aliphatic rings. The zero-order valence-corrected chi connectivity index (χ0v) is 11.0. The van der Waals surface area contributed by atoms with Crippen LogP contribution in [-0.2, 0) is 4.79 Å². The molecule has 5 nitrogen and oxygen atoms in total. The van der Waals surface area contributed by atoms with Crippen LogP contribution in [0.25, 0.3) is 0 Å². The van der Waals surface area contributed by atoms with Crippen LogP contribution in [0.4, 0.5) is 4.79 Å². The number of amides is 2. The number of nitrogens with one attached hydrogen (secondary N) is 2. The first-order valence-corrected chi connectivity index (χ1v) is 6.88. The summed E-state index contributed by atoms with van der Waals surface area (Å²) in [4.78, 5) is 22.2. The van der Waals surface area contributed by atoms with Crippen LogP contribution in [0.5, 0.6) is 0 Å². The lowest BCUT2D eigenvalue weighted by Gasteiger charge is -2.14. The van der Waals surface area contributed by atoms with Gasteiger partial charge >= 0.3 is 12.0 Å². The first-order chi connectivity index (χ1) is 8.11. The number of hydrogen-bond acceptors (Lipinski definition) is 3. The summed E-state index contributed by atoms with van der Waals surface area (Å²) in [7, 11) is 0. The zero-order valence-electron chi connectivity index (χ0n) is 10.2. The third-order valence-corrected chi connectivity index (χ3v) is 2.69. The van der Waals surface area contributed by atoms with Crippen molar-refractivity contribution in [3.63, 3.8) is 0 Å². The van der Waals surface area contributed by atoms with Gasteiger partial charge in [-0.1, -0.05) is 12.2 Å². The Bertz CT molecular complexity index is 269. The molecule has 17 heavy (non-hydrogen) atoms. The number of thioether (sulfide) groups is 1. The van der Waals surface area contributed by atoms with E-state index >= 15 is 0 Å². The summed E-state index contributed by atoms with van der Waals surface area (Å²) >= 11 is 1.55. The van der Waals surface area contributed by atoms with E-state index < -0.39 is 18.0 Å². The topological polar surface area (TPSA) is 78.4 Å². The molecular formula is C11H20N2O3S. The number of rotatable bonds is 8. The second kappa shape index (κ2) is 10.0. The van der Waals surface area contributed by atoms with Crippen molar-refractivity contribution in [1.29, 1.82) is 0 Å². The SMILES string of the molecule is C/C=C/CCNC(=O)NC(CCSC)C(=O)O. The van der Waals surface area contributed by atoms with Crippen LogP contribution >= 0.6 is 11.8 Å². The van der Waals surface area contributed by atoms with Crippen LogP contribution in [0.1, 0.15) is 19.8 Å². The van der Waals surface area contributed by atoms with Crippen LogP contribution in [0.15, 0.2) is 12.2 Å². The number of aliphatic carboxylic acids is 1. The molecule has 0 aliphatic heterocycles. The largest absolute Gasteiger partial charge is 0.480 e. The lowest BCUT2D eigenvalue weighted by molar-refractivity contribution is -0.139. The fourth-order valence-electron chi connectivity index (χ4n) is 1.14. The van der Waals surface area contributed by atoms with E-state index in [1.54, 1.807) is 11.8 Å².